The van der Waals surface area contributed by atoms with E-state index in [9.17, 15) is 18.0 Å². The second kappa shape index (κ2) is 15.4. The van der Waals surface area contributed by atoms with E-state index in [1.165, 1.54) is 29.2 Å². The summed E-state index contributed by atoms with van der Waals surface area (Å²) in [5.41, 5.74) is 2.72. The molecule has 1 N–H and O–H groups in total. The summed E-state index contributed by atoms with van der Waals surface area (Å²) in [6.07, 6.45) is 0.218. The highest BCUT2D eigenvalue weighted by molar-refractivity contribution is 7.92. The number of aryl methyl sites for hydroxylation is 1. The van der Waals surface area contributed by atoms with Gasteiger partial charge in [0.2, 0.25) is 11.8 Å². The van der Waals surface area contributed by atoms with Crippen molar-refractivity contribution < 1.29 is 18.0 Å². The van der Waals surface area contributed by atoms with Gasteiger partial charge in [0.15, 0.2) is 0 Å². The van der Waals surface area contributed by atoms with Crippen LogP contribution in [0.2, 0.25) is 10.0 Å². The Labute approximate surface area is 275 Å². The monoisotopic (exact) mass is 665 g/mol. The maximum Gasteiger partial charge on any atom is 0.264 e. The van der Waals surface area contributed by atoms with Crippen molar-refractivity contribution >= 4 is 50.7 Å². The van der Waals surface area contributed by atoms with Gasteiger partial charge in [-0.05, 0) is 66.4 Å². The van der Waals surface area contributed by atoms with Crippen molar-refractivity contribution in [3.05, 3.63) is 130 Å². The fraction of sp³-hybridized carbons (Fsp3) is 0.257. The van der Waals surface area contributed by atoms with Gasteiger partial charge in [-0.2, -0.15) is 0 Å². The number of halogens is 2. The average molecular weight is 667 g/mol. The number of nitrogens with zero attached hydrogens (tertiary/aromatic N) is 2. The van der Waals surface area contributed by atoms with Gasteiger partial charge in [-0.25, -0.2) is 8.42 Å². The molecule has 4 rings (SSSR count). The van der Waals surface area contributed by atoms with Crippen LogP contribution in [0.15, 0.2) is 108 Å². The van der Waals surface area contributed by atoms with Crippen LogP contribution in [0, 0.1) is 12.8 Å². The van der Waals surface area contributed by atoms with Crippen LogP contribution in [0.1, 0.15) is 30.5 Å². The molecule has 0 saturated heterocycles. The van der Waals surface area contributed by atoms with Crippen molar-refractivity contribution in [1.29, 1.82) is 0 Å². The molecule has 0 radical (unpaired) electrons. The van der Waals surface area contributed by atoms with Crippen LogP contribution in [0.25, 0.3) is 0 Å². The number of hydrogen-bond donors (Lipinski definition) is 1. The van der Waals surface area contributed by atoms with Gasteiger partial charge < -0.3 is 10.2 Å². The van der Waals surface area contributed by atoms with Crippen molar-refractivity contribution in [2.75, 3.05) is 17.4 Å². The van der Waals surface area contributed by atoms with Gasteiger partial charge in [0.25, 0.3) is 10.0 Å². The van der Waals surface area contributed by atoms with Gasteiger partial charge >= 0.3 is 0 Å². The van der Waals surface area contributed by atoms with Crippen molar-refractivity contribution in [3.8, 4) is 0 Å². The Morgan fingerprint density at radius 1 is 0.822 bits per heavy atom. The van der Waals surface area contributed by atoms with Gasteiger partial charge in [-0.15, -0.1) is 0 Å². The van der Waals surface area contributed by atoms with Gasteiger partial charge in [0.1, 0.15) is 12.6 Å². The second-order valence-electron chi connectivity index (χ2n) is 11.3. The molecule has 0 aromatic heterocycles. The molecule has 1 atom stereocenters. The molecule has 2 amide bonds. The summed E-state index contributed by atoms with van der Waals surface area (Å²) < 4.78 is 29.2. The maximum atomic E-state index is 14.5. The van der Waals surface area contributed by atoms with Crippen LogP contribution in [0.5, 0.6) is 0 Å². The number of carbonyl (C=O) groups excluding carboxylic acids is 2. The molecule has 4 aromatic rings. The van der Waals surface area contributed by atoms with Crippen molar-refractivity contribution in [3.63, 3.8) is 0 Å². The van der Waals surface area contributed by atoms with Crippen LogP contribution in [-0.4, -0.2) is 44.3 Å². The lowest BCUT2D eigenvalue weighted by Gasteiger charge is -2.34. The zero-order chi connectivity index (χ0) is 32.6. The largest absolute Gasteiger partial charge is 0.354 e. The van der Waals surface area contributed by atoms with E-state index in [1.807, 2.05) is 51.1 Å². The van der Waals surface area contributed by atoms with E-state index in [0.29, 0.717) is 27.8 Å². The first-order valence-electron chi connectivity index (χ1n) is 14.6. The van der Waals surface area contributed by atoms with Crippen LogP contribution >= 0.6 is 23.2 Å². The number of nitrogens with one attached hydrogen (secondary N) is 1. The lowest BCUT2D eigenvalue weighted by molar-refractivity contribution is -0.140. The van der Waals surface area contributed by atoms with Crippen molar-refractivity contribution in [1.82, 2.24) is 10.2 Å². The van der Waals surface area contributed by atoms with Crippen molar-refractivity contribution in [2.24, 2.45) is 5.92 Å². The summed E-state index contributed by atoms with van der Waals surface area (Å²) in [4.78, 5) is 29.7. The quantitative estimate of drug-likeness (QED) is 0.168. The average Bonchev–Trinajstić information content (AvgIpc) is 3.02. The highest BCUT2D eigenvalue weighted by Gasteiger charge is 2.35. The SMILES string of the molecule is Cc1ccc(N(CC(=O)N(Cc2ccccc2Cl)C(Cc2ccccc2)C(=O)NCC(C)C)S(=O)(=O)c2ccc(Cl)cc2)cc1. The van der Waals surface area contributed by atoms with Crippen LogP contribution in [0.4, 0.5) is 5.69 Å². The molecule has 10 heteroatoms. The highest BCUT2D eigenvalue weighted by atomic mass is 35.5. The van der Waals surface area contributed by atoms with Gasteiger partial charge in [0, 0.05) is 29.6 Å². The first-order valence-corrected chi connectivity index (χ1v) is 16.8. The van der Waals surface area contributed by atoms with E-state index >= 15 is 0 Å². The third-order valence-corrected chi connectivity index (χ3v) is 9.67. The fourth-order valence-corrected chi connectivity index (χ4v) is 6.50. The molecule has 0 fully saturated rings. The Morgan fingerprint density at radius 3 is 2.07 bits per heavy atom. The third kappa shape index (κ3) is 9.10. The first-order chi connectivity index (χ1) is 21.5. The Balaban J connectivity index is 1.80. The third-order valence-electron chi connectivity index (χ3n) is 7.26. The normalized spacial score (nSPS) is 12.0. The Kier molecular flexibility index (Phi) is 11.7. The Hall–Kier alpha value is -3.85. The molecule has 7 nitrogen and oxygen atoms in total. The van der Waals surface area contributed by atoms with Crippen LogP contribution in [-0.2, 0) is 32.6 Å². The minimum Gasteiger partial charge on any atom is -0.354 e. The van der Waals surface area contributed by atoms with Crippen LogP contribution < -0.4 is 9.62 Å². The molecular weight excluding hydrogens is 629 g/mol. The molecule has 0 spiro atoms. The van der Waals surface area contributed by atoms with Crippen molar-refractivity contribution in [2.45, 2.75) is 44.7 Å². The first kappa shape index (κ1) is 34.0. The van der Waals surface area contributed by atoms with E-state index in [4.69, 9.17) is 23.2 Å². The summed E-state index contributed by atoms with van der Waals surface area (Å²) in [5.74, 6) is -0.718. The minimum absolute atomic E-state index is 0.00612. The summed E-state index contributed by atoms with van der Waals surface area (Å²) in [6.45, 7) is 5.72. The van der Waals surface area contributed by atoms with E-state index in [1.54, 1.807) is 48.5 Å². The molecular formula is C35H37Cl2N3O4S. The molecule has 1 unspecified atom stereocenters. The number of benzene rings is 4. The number of anilines is 1. The maximum absolute atomic E-state index is 14.5. The molecule has 0 bridgehead atoms. The number of rotatable bonds is 13. The second-order valence-corrected chi connectivity index (χ2v) is 14.0. The zero-order valence-corrected chi connectivity index (χ0v) is 27.8. The number of carbonyl (C=O) groups is 2. The predicted octanol–water partition coefficient (Wildman–Crippen LogP) is 6.91. The van der Waals surface area contributed by atoms with E-state index < -0.39 is 28.5 Å². The van der Waals surface area contributed by atoms with Crippen LogP contribution in [0.3, 0.4) is 0 Å². The number of hydrogen-bond acceptors (Lipinski definition) is 4. The minimum atomic E-state index is -4.22. The Bertz CT molecular complexity index is 1700. The zero-order valence-electron chi connectivity index (χ0n) is 25.5. The number of sulfonamides is 1. The summed E-state index contributed by atoms with van der Waals surface area (Å²) in [7, 11) is -4.22. The van der Waals surface area contributed by atoms with E-state index in [-0.39, 0.29) is 29.7 Å². The predicted molar refractivity (Wildman–Crippen MR) is 181 cm³/mol. The molecule has 236 valence electrons. The summed E-state index contributed by atoms with van der Waals surface area (Å²) >= 11 is 12.6. The fourth-order valence-electron chi connectivity index (χ4n) is 4.76. The molecule has 45 heavy (non-hydrogen) atoms. The van der Waals surface area contributed by atoms with Gasteiger partial charge in [0.05, 0.1) is 10.6 Å². The standard InChI is InChI=1S/C35H37Cl2N3O4S/c1-25(2)22-38-35(42)33(21-27-9-5-4-6-10-27)39(23-28-11-7-8-12-32(28)37)34(41)24-40(30-17-13-26(3)14-18-30)45(43,44)31-19-15-29(36)16-20-31/h4-20,25,33H,21-24H2,1-3H3,(H,38,42). The topological polar surface area (TPSA) is 86.8 Å². The van der Waals surface area contributed by atoms with E-state index in [2.05, 4.69) is 5.32 Å². The summed E-state index contributed by atoms with van der Waals surface area (Å²) in [6, 6.07) is 28.2. The molecule has 4 aromatic carbocycles. The lowest BCUT2D eigenvalue weighted by Crippen LogP contribution is -2.53. The molecule has 0 aliphatic heterocycles. The molecule has 0 aliphatic rings. The molecule has 0 aliphatic carbocycles. The number of amides is 2. The Morgan fingerprint density at radius 2 is 1.44 bits per heavy atom. The van der Waals surface area contributed by atoms with E-state index in [0.717, 1.165) is 15.4 Å². The van der Waals surface area contributed by atoms with Gasteiger partial charge in [-0.3, -0.25) is 13.9 Å². The lowest BCUT2D eigenvalue weighted by atomic mass is 10.0. The molecule has 0 saturated carbocycles. The smallest absolute Gasteiger partial charge is 0.264 e. The summed E-state index contributed by atoms with van der Waals surface area (Å²) in [5, 5.41) is 3.80. The highest BCUT2D eigenvalue weighted by Crippen LogP contribution is 2.27. The molecule has 0 heterocycles. The van der Waals surface area contributed by atoms with Gasteiger partial charge in [-0.1, -0.05) is 103 Å².